The number of benzene rings is 2. The van der Waals surface area contributed by atoms with Crippen LogP contribution in [0, 0.1) is 0 Å². The number of carbonyl (C=O) groups excluding carboxylic acids is 2. The van der Waals surface area contributed by atoms with Crippen molar-refractivity contribution in [2.24, 2.45) is 0 Å². The van der Waals surface area contributed by atoms with Gasteiger partial charge in [0.1, 0.15) is 6.61 Å². The highest BCUT2D eigenvalue weighted by atomic mass is 16.5. The lowest BCUT2D eigenvalue weighted by molar-refractivity contribution is -0.134. The Morgan fingerprint density at radius 3 is 2.58 bits per heavy atom. The zero-order valence-electron chi connectivity index (χ0n) is 18.5. The highest BCUT2D eigenvalue weighted by molar-refractivity contribution is 5.83. The van der Waals surface area contributed by atoms with Crippen LogP contribution in [0.1, 0.15) is 24.0 Å². The van der Waals surface area contributed by atoms with Crippen LogP contribution in [0.5, 0.6) is 11.5 Å². The molecule has 0 radical (unpaired) electrons. The Morgan fingerprint density at radius 2 is 1.87 bits per heavy atom. The van der Waals surface area contributed by atoms with E-state index in [0.717, 1.165) is 30.5 Å². The summed E-state index contributed by atoms with van der Waals surface area (Å²) in [5, 5.41) is 2.94. The first-order chi connectivity index (χ1) is 15.0. The zero-order valence-corrected chi connectivity index (χ0v) is 18.5. The van der Waals surface area contributed by atoms with Gasteiger partial charge in [0, 0.05) is 20.6 Å². The van der Waals surface area contributed by atoms with Crippen LogP contribution in [-0.4, -0.2) is 62.0 Å². The molecule has 31 heavy (non-hydrogen) atoms. The van der Waals surface area contributed by atoms with Crippen molar-refractivity contribution < 1.29 is 19.1 Å². The van der Waals surface area contributed by atoms with Gasteiger partial charge in [-0.3, -0.25) is 14.5 Å². The molecule has 3 rings (SSSR count). The summed E-state index contributed by atoms with van der Waals surface area (Å²) < 4.78 is 11.3. The maximum Gasteiger partial charge on any atom is 0.239 e. The van der Waals surface area contributed by atoms with Gasteiger partial charge in [0.15, 0.2) is 11.5 Å². The van der Waals surface area contributed by atoms with Crippen LogP contribution in [-0.2, 0) is 22.7 Å². The van der Waals surface area contributed by atoms with Gasteiger partial charge in [-0.2, -0.15) is 0 Å². The number of rotatable bonds is 9. The zero-order chi connectivity index (χ0) is 22.2. The Labute approximate surface area is 183 Å². The molecule has 1 aliphatic heterocycles. The molecule has 7 heteroatoms. The highest BCUT2D eigenvalue weighted by Gasteiger charge is 2.32. The lowest BCUT2D eigenvalue weighted by Crippen LogP contribution is -2.46. The van der Waals surface area contributed by atoms with Gasteiger partial charge in [-0.25, -0.2) is 0 Å². The van der Waals surface area contributed by atoms with Crippen LogP contribution in [0.25, 0.3) is 0 Å². The molecule has 2 aromatic carbocycles. The van der Waals surface area contributed by atoms with Crippen molar-refractivity contribution in [3.8, 4) is 11.5 Å². The number of amides is 2. The first-order valence-corrected chi connectivity index (χ1v) is 10.5. The van der Waals surface area contributed by atoms with E-state index in [-0.39, 0.29) is 24.4 Å². The fourth-order valence-corrected chi connectivity index (χ4v) is 3.71. The van der Waals surface area contributed by atoms with Crippen molar-refractivity contribution in [2.75, 3.05) is 34.3 Å². The molecule has 0 aliphatic carbocycles. The lowest BCUT2D eigenvalue weighted by Gasteiger charge is -2.25. The van der Waals surface area contributed by atoms with Gasteiger partial charge in [-0.05, 0) is 42.6 Å². The second kappa shape index (κ2) is 10.8. The second-order valence-electron chi connectivity index (χ2n) is 7.90. The molecule has 1 heterocycles. The number of likely N-dealkylation sites (tertiary alicyclic amines) is 1. The van der Waals surface area contributed by atoms with Crippen molar-refractivity contribution in [3.63, 3.8) is 0 Å². The highest BCUT2D eigenvalue weighted by Crippen LogP contribution is 2.29. The summed E-state index contributed by atoms with van der Waals surface area (Å²) in [5.74, 6) is 1.24. The minimum atomic E-state index is -0.207. The van der Waals surface area contributed by atoms with Crippen LogP contribution < -0.4 is 14.8 Å². The third kappa shape index (κ3) is 6.21. The average Bonchev–Trinajstić information content (AvgIpc) is 3.24. The van der Waals surface area contributed by atoms with Crippen LogP contribution in [0.2, 0.25) is 0 Å². The van der Waals surface area contributed by atoms with E-state index < -0.39 is 0 Å². The summed E-state index contributed by atoms with van der Waals surface area (Å²) in [5.41, 5.74) is 1.99. The van der Waals surface area contributed by atoms with Crippen LogP contribution in [0.4, 0.5) is 0 Å². The van der Waals surface area contributed by atoms with E-state index in [1.165, 1.54) is 0 Å². The Morgan fingerprint density at radius 1 is 1.10 bits per heavy atom. The van der Waals surface area contributed by atoms with E-state index in [1.54, 1.807) is 26.1 Å². The topological polar surface area (TPSA) is 71.1 Å². The predicted molar refractivity (Wildman–Crippen MR) is 119 cm³/mol. The molecule has 1 unspecified atom stereocenters. The molecule has 1 aliphatic rings. The van der Waals surface area contributed by atoms with Crippen molar-refractivity contribution >= 4 is 11.8 Å². The summed E-state index contributed by atoms with van der Waals surface area (Å²) in [4.78, 5) is 28.3. The number of likely N-dealkylation sites (N-methyl/N-ethyl adjacent to an activating group) is 1. The van der Waals surface area contributed by atoms with Crippen molar-refractivity contribution in [1.29, 1.82) is 0 Å². The molecule has 0 saturated carbocycles. The summed E-state index contributed by atoms with van der Waals surface area (Å²) in [7, 11) is 5.10. The van der Waals surface area contributed by atoms with E-state index in [1.807, 2.05) is 53.4 Å². The summed E-state index contributed by atoms with van der Waals surface area (Å²) in [6.45, 7) is 1.82. The average molecular weight is 426 g/mol. The number of nitrogens with zero attached hydrogens (tertiary/aromatic N) is 2. The van der Waals surface area contributed by atoms with Crippen molar-refractivity contribution in [2.45, 2.75) is 32.0 Å². The molecule has 0 spiro atoms. The van der Waals surface area contributed by atoms with Gasteiger partial charge in [-0.1, -0.05) is 36.4 Å². The van der Waals surface area contributed by atoms with E-state index in [2.05, 4.69) is 5.32 Å². The fourth-order valence-electron chi connectivity index (χ4n) is 3.71. The van der Waals surface area contributed by atoms with Gasteiger partial charge in [0.2, 0.25) is 11.8 Å². The normalized spacial score (nSPS) is 16.0. The predicted octanol–water partition coefficient (Wildman–Crippen LogP) is 2.44. The first-order valence-electron chi connectivity index (χ1n) is 10.5. The molecule has 1 fully saturated rings. The molecule has 166 valence electrons. The molecule has 2 aromatic rings. The van der Waals surface area contributed by atoms with Gasteiger partial charge < -0.3 is 19.7 Å². The molecular weight excluding hydrogens is 394 g/mol. The molecule has 2 amide bonds. The molecular formula is C24H31N3O4. The minimum Gasteiger partial charge on any atom is -0.493 e. The number of methoxy groups -OCH3 is 1. The summed E-state index contributed by atoms with van der Waals surface area (Å²) in [6, 6.07) is 15.4. The number of hydrogen-bond donors (Lipinski definition) is 1. The molecule has 1 atom stereocenters. The second-order valence-corrected chi connectivity index (χ2v) is 7.90. The lowest BCUT2D eigenvalue weighted by atomic mass is 10.2. The van der Waals surface area contributed by atoms with E-state index in [0.29, 0.717) is 24.7 Å². The van der Waals surface area contributed by atoms with Crippen molar-refractivity contribution in [1.82, 2.24) is 15.1 Å². The third-order valence-electron chi connectivity index (χ3n) is 5.39. The fraction of sp³-hybridized carbons (Fsp3) is 0.417. The maximum absolute atomic E-state index is 12.5. The van der Waals surface area contributed by atoms with Gasteiger partial charge in [0.25, 0.3) is 0 Å². The Bertz CT molecular complexity index is 886. The Hall–Kier alpha value is -3.06. The molecule has 0 aromatic heterocycles. The SMILES string of the molecule is COc1cc(CNC(=O)CN2CCCC2C(=O)N(C)C)ccc1OCc1ccccc1. The largest absolute Gasteiger partial charge is 0.493 e. The Kier molecular flexibility index (Phi) is 7.89. The standard InChI is InChI=1S/C24H31N3O4/c1-26(2)24(29)20-10-7-13-27(20)16-23(28)25-15-19-11-12-21(22(14-19)30-3)31-17-18-8-5-4-6-9-18/h4-6,8-9,11-12,14,20H,7,10,13,15-17H2,1-3H3,(H,25,28). The number of nitrogens with one attached hydrogen (secondary N) is 1. The molecule has 1 saturated heterocycles. The monoisotopic (exact) mass is 425 g/mol. The maximum atomic E-state index is 12.5. The van der Waals surface area contributed by atoms with Crippen LogP contribution in [0.15, 0.2) is 48.5 Å². The van der Waals surface area contributed by atoms with Crippen molar-refractivity contribution in [3.05, 3.63) is 59.7 Å². The molecule has 1 N–H and O–H groups in total. The van der Waals surface area contributed by atoms with E-state index >= 15 is 0 Å². The van der Waals surface area contributed by atoms with E-state index in [9.17, 15) is 9.59 Å². The van der Waals surface area contributed by atoms with Crippen LogP contribution >= 0.6 is 0 Å². The van der Waals surface area contributed by atoms with Crippen LogP contribution in [0.3, 0.4) is 0 Å². The Balaban J connectivity index is 1.52. The number of carbonyl (C=O) groups is 2. The van der Waals surface area contributed by atoms with E-state index in [4.69, 9.17) is 9.47 Å². The number of hydrogen-bond acceptors (Lipinski definition) is 5. The summed E-state index contributed by atoms with van der Waals surface area (Å²) >= 11 is 0. The summed E-state index contributed by atoms with van der Waals surface area (Å²) in [6.07, 6.45) is 1.73. The van der Waals surface area contributed by atoms with Gasteiger partial charge in [-0.15, -0.1) is 0 Å². The smallest absolute Gasteiger partial charge is 0.239 e. The van der Waals surface area contributed by atoms with Gasteiger partial charge in [0.05, 0.1) is 19.7 Å². The minimum absolute atomic E-state index is 0.0566. The molecule has 0 bridgehead atoms. The first kappa shape index (κ1) is 22.6. The molecule has 7 nitrogen and oxygen atoms in total. The quantitative estimate of drug-likeness (QED) is 0.668. The number of ether oxygens (including phenoxy) is 2. The van der Waals surface area contributed by atoms with Gasteiger partial charge >= 0.3 is 0 Å². The third-order valence-corrected chi connectivity index (χ3v) is 5.39.